The van der Waals surface area contributed by atoms with Crippen LogP contribution in [0.3, 0.4) is 0 Å². The average Bonchev–Trinajstić information content (AvgIpc) is 2.24. The van der Waals surface area contributed by atoms with Crippen molar-refractivity contribution in [3.05, 3.63) is 0 Å². The van der Waals surface area contributed by atoms with Gasteiger partial charge < -0.3 is 14.8 Å². The Bertz CT molecular complexity index is 204. The molecule has 0 bridgehead atoms. The van der Waals surface area contributed by atoms with E-state index in [9.17, 15) is 4.79 Å². The maximum atomic E-state index is 11.4. The molecular formula is C12H23NO3. The molecule has 0 amide bonds. The number of carbonyl (C=O) groups excluding carboxylic acids is 1. The number of esters is 1. The summed E-state index contributed by atoms with van der Waals surface area (Å²) in [6.45, 7) is 3.55. The van der Waals surface area contributed by atoms with E-state index in [2.05, 4.69) is 12.2 Å². The second-order valence-corrected chi connectivity index (χ2v) is 4.24. The standard InChI is InChI=1S/C12H23NO3/c1-3-8-13-11(12(14)15-2)7-9-16-10-5-4-6-10/h10-11,13H,3-9H2,1-2H3. The van der Waals surface area contributed by atoms with Crippen LogP contribution in [0.5, 0.6) is 0 Å². The van der Waals surface area contributed by atoms with Crippen molar-refractivity contribution in [1.29, 1.82) is 0 Å². The van der Waals surface area contributed by atoms with Crippen LogP contribution < -0.4 is 5.32 Å². The fourth-order valence-electron chi connectivity index (χ4n) is 1.65. The number of rotatable bonds is 8. The van der Waals surface area contributed by atoms with Crippen LogP contribution in [0.4, 0.5) is 0 Å². The van der Waals surface area contributed by atoms with Crippen molar-refractivity contribution in [3.63, 3.8) is 0 Å². The third-order valence-corrected chi connectivity index (χ3v) is 2.94. The Balaban J connectivity index is 2.16. The largest absolute Gasteiger partial charge is 0.468 e. The van der Waals surface area contributed by atoms with Crippen LogP contribution in [0.25, 0.3) is 0 Å². The quantitative estimate of drug-likeness (QED) is 0.641. The summed E-state index contributed by atoms with van der Waals surface area (Å²) in [6.07, 6.45) is 5.76. The minimum atomic E-state index is -0.218. The number of nitrogens with one attached hydrogen (secondary N) is 1. The minimum Gasteiger partial charge on any atom is -0.468 e. The zero-order valence-corrected chi connectivity index (χ0v) is 10.3. The Morgan fingerprint density at radius 2 is 2.25 bits per heavy atom. The topological polar surface area (TPSA) is 47.6 Å². The van der Waals surface area contributed by atoms with E-state index >= 15 is 0 Å². The van der Waals surface area contributed by atoms with Crippen molar-refractivity contribution in [2.75, 3.05) is 20.3 Å². The smallest absolute Gasteiger partial charge is 0.322 e. The van der Waals surface area contributed by atoms with E-state index in [4.69, 9.17) is 9.47 Å². The highest BCUT2D eigenvalue weighted by Gasteiger charge is 2.21. The van der Waals surface area contributed by atoms with Gasteiger partial charge in [-0.15, -0.1) is 0 Å². The van der Waals surface area contributed by atoms with E-state index in [1.54, 1.807) is 0 Å². The van der Waals surface area contributed by atoms with Crippen molar-refractivity contribution < 1.29 is 14.3 Å². The lowest BCUT2D eigenvalue weighted by molar-refractivity contribution is -0.144. The SMILES string of the molecule is CCCNC(CCOC1CCC1)C(=O)OC. The third kappa shape index (κ3) is 4.49. The van der Waals surface area contributed by atoms with Crippen LogP contribution in [-0.2, 0) is 14.3 Å². The molecular weight excluding hydrogens is 206 g/mol. The molecule has 1 unspecified atom stereocenters. The molecule has 4 heteroatoms. The molecule has 4 nitrogen and oxygen atoms in total. The first-order chi connectivity index (χ1) is 7.77. The minimum absolute atomic E-state index is 0.189. The second kappa shape index (κ2) is 7.63. The first kappa shape index (κ1) is 13.5. The third-order valence-electron chi connectivity index (χ3n) is 2.94. The number of hydrogen-bond acceptors (Lipinski definition) is 4. The molecule has 1 atom stereocenters. The Labute approximate surface area is 97.7 Å². The van der Waals surface area contributed by atoms with Gasteiger partial charge in [0.25, 0.3) is 0 Å². The van der Waals surface area contributed by atoms with Gasteiger partial charge in [-0.1, -0.05) is 6.92 Å². The monoisotopic (exact) mass is 229 g/mol. The van der Waals surface area contributed by atoms with E-state index < -0.39 is 0 Å². The summed E-state index contributed by atoms with van der Waals surface area (Å²) in [5.41, 5.74) is 0. The van der Waals surface area contributed by atoms with E-state index in [0.29, 0.717) is 19.1 Å². The van der Waals surface area contributed by atoms with Crippen molar-refractivity contribution in [2.45, 2.75) is 51.2 Å². The van der Waals surface area contributed by atoms with Gasteiger partial charge in [-0.25, -0.2) is 0 Å². The van der Waals surface area contributed by atoms with Gasteiger partial charge >= 0.3 is 5.97 Å². The summed E-state index contributed by atoms with van der Waals surface area (Å²) in [7, 11) is 1.43. The molecule has 0 aliphatic heterocycles. The van der Waals surface area contributed by atoms with Gasteiger partial charge in [-0.2, -0.15) is 0 Å². The van der Waals surface area contributed by atoms with E-state index in [1.165, 1.54) is 26.4 Å². The van der Waals surface area contributed by atoms with Crippen LogP contribution in [0.15, 0.2) is 0 Å². The average molecular weight is 229 g/mol. The van der Waals surface area contributed by atoms with Gasteiger partial charge in [-0.05, 0) is 38.6 Å². The number of ether oxygens (including phenoxy) is 2. The Morgan fingerprint density at radius 3 is 2.75 bits per heavy atom. The van der Waals surface area contributed by atoms with Gasteiger partial charge in [0.15, 0.2) is 0 Å². The number of carbonyl (C=O) groups is 1. The lowest BCUT2D eigenvalue weighted by Crippen LogP contribution is -2.39. The van der Waals surface area contributed by atoms with Crippen LogP contribution in [0.1, 0.15) is 39.0 Å². The van der Waals surface area contributed by atoms with Crippen molar-refractivity contribution >= 4 is 5.97 Å². The molecule has 0 spiro atoms. The molecule has 0 saturated heterocycles. The highest BCUT2D eigenvalue weighted by Crippen LogP contribution is 2.21. The molecule has 1 N–H and O–H groups in total. The molecule has 94 valence electrons. The van der Waals surface area contributed by atoms with E-state index in [0.717, 1.165) is 13.0 Å². The molecule has 1 saturated carbocycles. The summed E-state index contributed by atoms with van der Waals surface area (Å²) >= 11 is 0. The molecule has 1 fully saturated rings. The predicted molar refractivity (Wildman–Crippen MR) is 62.3 cm³/mol. The molecule has 0 aromatic rings. The summed E-state index contributed by atoms with van der Waals surface area (Å²) in [6, 6.07) is -0.218. The van der Waals surface area contributed by atoms with Gasteiger partial charge in [0.1, 0.15) is 6.04 Å². The lowest BCUT2D eigenvalue weighted by Gasteiger charge is -2.26. The number of hydrogen-bond donors (Lipinski definition) is 1. The van der Waals surface area contributed by atoms with Gasteiger partial charge in [-0.3, -0.25) is 4.79 Å². The van der Waals surface area contributed by atoms with Crippen LogP contribution in [-0.4, -0.2) is 38.4 Å². The first-order valence-corrected chi connectivity index (χ1v) is 6.20. The van der Waals surface area contributed by atoms with Gasteiger partial charge in [0.2, 0.25) is 0 Å². The molecule has 16 heavy (non-hydrogen) atoms. The highest BCUT2D eigenvalue weighted by molar-refractivity contribution is 5.75. The molecule has 1 aliphatic rings. The zero-order valence-electron chi connectivity index (χ0n) is 10.3. The van der Waals surface area contributed by atoms with E-state index in [1.807, 2.05) is 0 Å². The molecule has 0 radical (unpaired) electrons. The number of methoxy groups -OCH3 is 1. The molecule has 1 rings (SSSR count). The Hall–Kier alpha value is -0.610. The summed E-state index contributed by atoms with van der Waals surface area (Å²) in [5, 5.41) is 3.18. The van der Waals surface area contributed by atoms with Crippen LogP contribution >= 0.6 is 0 Å². The maximum Gasteiger partial charge on any atom is 0.322 e. The Morgan fingerprint density at radius 1 is 1.50 bits per heavy atom. The van der Waals surface area contributed by atoms with Gasteiger partial charge in [0.05, 0.1) is 13.2 Å². The lowest BCUT2D eigenvalue weighted by atomic mass is 9.96. The molecule has 0 aromatic heterocycles. The summed E-state index contributed by atoms with van der Waals surface area (Å²) < 4.78 is 10.4. The van der Waals surface area contributed by atoms with Crippen LogP contribution in [0.2, 0.25) is 0 Å². The fraction of sp³-hybridized carbons (Fsp3) is 0.917. The predicted octanol–water partition coefficient (Wildman–Crippen LogP) is 1.49. The Kier molecular flexibility index (Phi) is 6.42. The molecule has 1 aliphatic carbocycles. The first-order valence-electron chi connectivity index (χ1n) is 6.20. The molecule has 0 aromatic carbocycles. The zero-order chi connectivity index (χ0) is 11.8. The van der Waals surface area contributed by atoms with Gasteiger partial charge in [0, 0.05) is 6.61 Å². The highest BCUT2D eigenvalue weighted by atomic mass is 16.5. The second-order valence-electron chi connectivity index (χ2n) is 4.24. The molecule has 0 heterocycles. The maximum absolute atomic E-state index is 11.4. The van der Waals surface area contributed by atoms with Crippen molar-refractivity contribution in [3.8, 4) is 0 Å². The summed E-state index contributed by atoms with van der Waals surface area (Å²) in [5.74, 6) is -0.189. The normalized spacial score (nSPS) is 17.9. The van der Waals surface area contributed by atoms with Crippen molar-refractivity contribution in [1.82, 2.24) is 5.32 Å². The van der Waals surface area contributed by atoms with Crippen LogP contribution in [0, 0.1) is 0 Å². The van der Waals surface area contributed by atoms with Crippen molar-refractivity contribution in [2.24, 2.45) is 0 Å². The summed E-state index contributed by atoms with van der Waals surface area (Å²) in [4.78, 5) is 11.4. The van der Waals surface area contributed by atoms with E-state index in [-0.39, 0.29) is 12.0 Å². The fourth-order valence-corrected chi connectivity index (χ4v) is 1.65.